The fraction of sp³-hybridized carbons (Fsp3) is 0.235. The summed E-state index contributed by atoms with van der Waals surface area (Å²) in [6.45, 7) is 4.24. The van der Waals surface area contributed by atoms with Gasteiger partial charge in [-0.3, -0.25) is 0 Å². The number of ether oxygens (including phenoxy) is 2. The highest BCUT2D eigenvalue weighted by Crippen LogP contribution is 2.30. The van der Waals surface area contributed by atoms with Gasteiger partial charge in [0.2, 0.25) is 0 Å². The highest BCUT2D eigenvalue weighted by atomic mass is 32.2. The second kappa shape index (κ2) is 7.28. The molecule has 0 atom stereocenters. The molecular weight excluding hydrogens is 314 g/mol. The largest absolute Gasteiger partial charge is 0.492 e. The number of sulfonamides is 1. The standard InChI is InChI=1S/C17H19NO4S/c1-4-22-16-7-5-6-14(17(16)21-3)12-18-23(19,20)15-10-8-13(2)9-11-15/h5-12H,4H2,1-3H3/b18-12-. The smallest absolute Gasteiger partial charge is 0.282 e. The van der Waals surface area contributed by atoms with Crippen LogP contribution in [0, 0.1) is 6.92 Å². The van der Waals surface area contributed by atoms with E-state index in [1.54, 1.807) is 30.3 Å². The van der Waals surface area contributed by atoms with Crippen molar-refractivity contribution >= 4 is 16.2 Å². The first-order valence-electron chi connectivity index (χ1n) is 7.14. The number of rotatable bonds is 6. The third-order valence-corrected chi connectivity index (χ3v) is 4.41. The molecule has 0 N–H and O–H groups in total. The molecule has 0 unspecified atom stereocenters. The van der Waals surface area contributed by atoms with Gasteiger partial charge < -0.3 is 9.47 Å². The van der Waals surface area contributed by atoms with Gasteiger partial charge in [-0.15, -0.1) is 0 Å². The van der Waals surface area contributed by atoms with Crippen molar-refractivity contribution in [1.29, 1.82) is 0 Å². The van der Waals surface area contributed by atoms with Crippen molar-refractivity contribution in [1.82, 2.24) is 0 Å². The Morgan fingerprint density at radius 2 is 1.83 bits per heavy atom. The molecule has 0 spiro atoms. The van der Waals surface area contributed by atoms with Crippen molar-refractivity contribution in [2.75, 3.05) is 13.7 Å². The minimum atomic E-state index is -3.75. The van der Waals surface area contributed by atoms with Crippen LogP contribution in [0.1, 0.15) is 18.1 Å². The van der Waals surface area contributed by atoms with Crippen LogP contribution in [0.2, 0.25) is 0 Å². The Labute approximate surface area is 136 Å². The molecule has 0 amide bonds. The van der Waals surface area contributed by atoms with Crippen molar-refractivity contribution in [2.24, 2.45) is 4.40 Å². The first-order valence-corrected chi connectivity index (χ1v) is 8.58. The molecule has 0 heterocycles. The summed E-state index contributed by atoms with van der Waals surface area (Å²) in [6, 6.07) is 11.8. The molecule has 0 bridgehead atoms. The van der Waals surface area contributed by atoms with Gasteiger partial charge >= 0.3 is 0 Å². The summed E-state index contributed by atoms with van der Waals surface area (Å²) in [5.74, 6) is 1.00. The lowest BCUT2D eigenvalue weighted by Gasteiger charge is -2.11. The topological polar surface area (TPSA) is 65.0 Å². The zero-order chi connectivity index (χ0) is 16.9. The van der Waals surface area contributed by atoms with E-state index in [0.29, 0.717) is 23.7 Å². The Bertz CT molecular complexity index is 796. The van der Waals surface area contributed by atoms with Gasteiger partial charge in [0.1, 0.15) is 0 Å². The van der Waals surface area contributed by atoms with Gasteiger partial charge in [0.05, 0.1) is 24.8 Å². The minimum absolute atomic E-state index is 0.152. The minimum Gasteiger partial charge on any atom is -0.492 e. The predicted molar refractivity (Wildman–Crippen MR) is 90.1 cm³/mol. The van der Waals surface area contributed by atoms with Gasteiger partial charge in [0.15, 0.2) is 11.5 Å². The molecule has 0 aromatic heterocycles. The molecule has 23 heavy (non-hydrogen) atoms. The first kappa shape index (κ1) is 17.0. The lowest BCUT2D eigenvalue weighted by atomic mass is 10.2. The molecule has 0 radical (unpaired) electrons. The Hall–Kier alpha value is -2.34. The lowest BCUT2D eigenvalue weighted by molar-refractivity contribution is 0.311. The van der Waals surface area contributed by atoms with Crippen LogP contribution >= 0.6 is 0 Å². The SMILES string of the molecule is CCOc1cccc(/C=N\S(=O)(=O)c2ccc(C)cc2)c1OC. The normalized spacial score (nSPS) is 11.6. The van der Waals surface area contributed by atoms with Crippen molar-refractivity contribution < 1.29 is 17.9 Å². The number of aryl methyl sites for hydroxylation is 1. The number of benzene rings is 2. The van der Waals surface area contributed by atoms with Crippen molar-refractivity contribution in [3.8, 4) is 11.5 Å². The third kappa shape index (κ3) is 4.10. The Morgan fingerprint density at radius 1 is 1.13 bits per heavy atom. The molecule has 0 aliphatic rings. The predicted octanol–water partition coefficient (Wildman–Crippen LogP) is 3.21. The van der Waals surface area contributed by atoms with E-state index < -0.39 is 10.0 Å². The molecule has 0 aliphatic carbocycles. The van der Waals surface area contributed by atoms with Gasteiger partial charge in [0, 0.05) is 5.56 Å². The fourth-order valence-electron chi connectivity index (χ4n) is 2.02. The van der Waals surface area contributed by atoms with E-state index in [0.717, 1.165) is 5.56 Å². The molecule has 0 aliphatic heterocycles. The number of hydrogen-bond donors (Lipinski definition) is 0. The average Bonchev–Trinajstić information content (AvgIpc) is 2.54. The van der Waals surface area contributed by atoms with Crippen LogP contribution in [0.15, 0.2) is 51.8 Å². The Morgan fingerprint density at radius 3 is 2.43 bits per heavy atom. The maximum absolute atomic E-state index is 12.3. The quantitative estimate of drug-likeness (QED) is 0.762. The second-order valence-electron chi connectivity index (χ2n) is 4.83. The molecule has 6 heteroatoms. The van der Waals surface area contributed by atoms with E-state index in [1.165, 1.54) is 25.5 Å². The molecular formula is C17H19NO4S. The Balaban J connectivity index is 2.36. The zero-order valence-corrected chi connectivity index (χ0v) is 14.1. The monoisotopic (exact) mass is 333 g/mol. The van der Waals surface area contributed by atoms with Crippen LogP contribution in [0.5, 0.6) is 11.5 Å². The van der Waals surface area contributed by atoms with Gasteiger partial charge in [-0.2, -0.15) is 12.8 Å². The fourth-order valence-corrected chi connectivity index (χ4v) is 2.87. The molecule has 5 nitrogen and oxygen atoms in total. The van der Waals surface area contributed by atoms with E-state index in [1.807, 2.05) is 13.8 Å². The van der Waals surface area contributed by atoms with Gasteiger partial charge in [-0.05, 0) is 38.1 Å². The third-order valence-electron chi connectivity index (χ3n) is 3.16. The van der Waals surface area contributed by atoms with E-state index in [-0.39, 0.29) is 4.90 Å². The van der Waals surface area contributed by atoms with Crippen LogP contribution in [-0.2, 0) is 10.0 Å². The van der Waals surface area contributed by atoms with Crippen LogP contribution in [0.25, 0.3) is 0 Å². The summed E-state index contributed by atoms with van der Waals surface area (Å²) in [7, 11) is -2.25. The van der Waals surface area contributed by atoms with Crippen LogP contribution in [0.3, 0.4) is 0 Å². The summed E-state index contributed by atoms with van der Waals surface area (Å²) in [4.78, 5) is 0.152. The maximum Gasteiger partial charge on any atom is 0.282 e. The number of methoxy groups -OCH3 is 1. The summed E-state index contributed by atoms with van der Waals surface area (Å²) >= 11 is 0. The summed E-state index contributed by atoms with van der Waals surface area (Å²) < 4.78 is 39.0. The number of hydrogen-bond acceptors (Lipinski definition) is 4. The maximum atomic E-state index is 12.3. The first-order chi connectivity index (χ1) is 11.0. The molecule has 0 saturated heterocycles. The summed E-state index contributed by atoms with van der Waals surface area (Å²) in [6.07, 6.45) is 1.27. The molecule has 2 aromatic rings. The van der Waals surface area contributed by atoms with E-state index in [2.05, 4.69) is 4.40 Å². The van der Waals surface area contributed by atoms with E-state index >= 15 is 0 Å². The van der Waals surface area contributed by atoms with Crippen LogP contribution in [0.4, 0.5) is 0 Å². The molecule has 2 aromatic carbocycles. The number of nitrogens with zero attached hydrogens (tertiary/aromatic N) is 1. The zero-order valence-electron chi connectivity index (χ0n) is 13.3. The van der Waals surface area contributed by atoms with Gasteiger partial charge in [0.25, 0.3) is 10.0 Å². The molecule has 0 saturated carbocycles. The average molecular weight is 333 g/mol. The van der Waals surface area contributed by atoms with Crippen LogP contribution < -0.4 is 9.47 Å². The highest BCUT2D eigenvalue weighted by Gasteiger charge is 2.13. The van der Waals surface area contributed by atoms with Crippen molar-refractivity contribution in [3.05, 3.63) is 53.6 Å². The summed E-state index contributed by atoms with van der Waals surface area (Å²) in [5.41, 5.74) is 1.52. The summed E-state index contributed by atoms with van der Waals surface area (Å²) in [5, 5.41) is 0. The molecule has 122 valence electrons. The molecule has 2 rings (SSSR count). The van der Waals surface area contributed by atoms with Gasteiger partial charge in [-0.1, -0.05) is 23.8 Å². The highest BCUT2D eigenvalue weighted by molar-refractivity contribution is 7.90. The van der Waals surface area contributed by atoms with E-state index in [9.17, 15) is 8.42 Å². The molecule has 0 fully saturated rings. The van der Waals surface area contributed by atoms with Crippen molar-refractivity contribution in [3.63, 3.8) is 0 Å². The lowest BCUT2D eigenvalue weighted by Crippen LogP contribution is -2.01. The van der Waals surface area contributed by atoms with Crippen molar-refractivity contribution in [2.45, 2.75) is 18.7 Å². The number of para-hydroxylation sites is 1. The van der Waals surface area contributed by atoms with Crippen LogP contribution in [-0.4, -0.2) is 28.3 Å². The Kier molecular flexibility index (Phi) is 5.39. The van der Waals surface area contributed by atoms with E-state index in [4.69, 9.17) is 9.47 Å². The van der Waals surface area contributed by atoms with Gasteiger partial charge in [-0.25, -0.2) is 0 Å². The second-order valence-corrected chi connectivity index (χ2v) is 6.47.